The number of nitrogen functional groups attached to an aromatic ring is 1. The van der Waals surface area contributed by atoms with Crippen LogP contribution < -0.4 is 26.4 Å². The molecule has 0 unspecified atom stereocenters. The van der Waals surface area contributed by atoms with E-state index in [0.717, 1.165) is 5.56 Å². The van der Waals surface area contributed by atoms with Gasteiger partial charge in [0.2, 0.25) is 0 Å². The summed E-state index contributed by atoms with van der Waals surface area (Å²) in [5.74, 6) is -0.723. The Morgan fingerprint density at radius 3 is 2.37 bits per heavy atom. The van der Waals surface area contributed by atoms with Gasteiger partial charge in [0.25, 0.3) is 11.8 Å². The molecule has 0 spiro atoms. The minimum Gasteiger partial charge on any atom is -0.488 e. The molecule has 11 nitrogen and oxygen atoms in total. The summed E-state index contributed by atoms with van der Waals surface area (Å²) < 4.78 is 19.8. The minimum absolute atomic E-state index is 0.0932. The summed E-state index contributed by atoms with van der Waals surface area (Å²) in [6.45, 7) is 5.02. The van der Waals surface area contributed by atoms with E-state index in [1.165, 1.54) is 24.3 Å². The zero-order valence-corrected chi connectivity index (χ0v) is 27.7. The molecule has 4 aromatic carbocycles. The van der Waals surface area contributed by atoms with Gasteiger partial charge in [0.1, 0.15) is 17.7 Å². The van der Waals surface area contributed by atoms with Crippen LogP contribution in [0.2, 0.25) is 0 Å². The number of anilines is 4. The molecule has 6 N–H and O–H groups in total. The second-order valence-corrected chi connectivity index (χ2v) is 12.4. The van der Waals surface area contributed by atoms with Crippen LogP contribution in [0, 0.1) is 11.7 Å². The fourth-order valence-electron chi connectivity index (χ4n) is 5.60. The van der Waals surface area contributed by atoms with Gasteiger partial charge < -0.3 is 36.4 Å². The molecule has 0 fully saturated rings. The van der Waals surface area contributed by atoms with Crippen LogP contribution in [-0.2, 0) is 6.54 Å². The maximum atomic E-state index is 13.8. The molecule has 0 bridgehead atoms. The lowest BCUT2D eigenvalue weighted by molar-refractivity contribution is 0.0341. The van der Waals surface area contributed by atoms with E-state index < -0.39 is 17.9 Å². The van der Waals surface area contributed by atoms with E-state index in [1.54, 1.807) is 66.4 Å². The van der Waals surface area contributed by atoms with Crippen LogP contribution in [0.1, 0.15) is 40.1 Å². The van der Waals surface area contributed by atoms with Gasteiger partial charge in [-0.05, 0) is 86.3 Å². The number of aliphatic hydroxyl groups is 1. The van der Waals surface area contributed by atoms with E-state index >= 15 is 0 Å². The highest BCUT2D eigenvalue weighted by atomic mass is 19.1. The lowest BCUT2D eigenvalue weighted by Gasteiger charge is -2.38. The van der Waals surface area contributed by atoms with Crippen molar-refractivity contribution in [2.75, 3.05) is 48.4 Å². The molecule has 4 aromatic rings. The first kappa shape index (κ1) is 34.9. The van der Waals surface area contributed by atoms with Crippen molar-refractivity contribution in [1.29, 1.82) is 0 Å². The van der Waals surface area contributed by atoms with Gasteiger partial charge in [0, 0.05) is 42.5 Å². The van der Waals surface area contributed by atoms with E-state index in [0.29, 0.717) is 53.7 Å². The molecule has 0 aliphatic carbocycles. The number of urea groups is 1. The average molecular weight is 669 g/mol. The van der Waals surface area contributed by atoms with E-state index in [4.69, 9.17) is 10.5 Å². The van der Waals surface area contributed by atoms with E-state index in [2.05, 4.69) is 20.9 Å². The molecule has 3 atom stereocenters. The number of fused-ring (bicyclic) bond motifs is 1. The number of benzene rings is 4. The van der Waals surface area contributed by atoms with Gasteiger partial charge in [-0.15, -0.1) is 0 Å². The van der Waals surface area contributed by atoms with Crippen molar-refractivity contribution in [2.45, 2.75) is 32.5 Å². The highest BCUT2D eigenvalue weighted by Gasteiger charge is 2.33. The number of halogens is 1. The normalized spacial score (nSPS) is 16.5. The Kier molecular flexibility index (Phi) is 11.1. The van der Waals surface area contributed by atoms with Crippen LogP contribution >= 0.6 is 0 Å². The Labute approximate surface area is 284 Å². The highest BCUT2D eigenvalue weighted by molar-refractivity contribution is 6.06. The average Bonchev–Trinajstić information content (AvgIpc) is 3.08. The molecular weight excluding hydrogens is 627 g/mol. The quantitative estimate of drug-likeness (QED) is 0.137. The van der Waals surface area contributed by atoms with Gasteiger partial charge in [-0.25, -0.2) is 9.18 Å². The van der Waals surface area contributed by atoms with Gasteiger partial charge in [-0.2, -0.15) is 0 Å². The van der Waals surface area contributed by atoms with Crippen LogP contribution in [0.15, 0.2) is 91.0 Å². The number of ether oxygens (including phenoxy) is 1. The van der Waals surface area contributed by atoms with Gasteiger partial charge in [-0.1, -0.05) is 31.2 Å². The van der Waals surface area contributed by atoms with Crippen molar-refractivity contribution >= 4 is 40.6 Å². The molecular formula is C37H41FN6O5. The Morgan fingerprint density at radius 2 is 1.67 bits per heavy atom. The molecule has 0 saturated heterocycles. The first-order chi connectivity index (χ1) is 23.5. The first-order valence-electron chi connectivity index (χ1n) is 16.0. The molecule has 0 aromatic heterocycles. The van der Waals surface area contributed by atoms with Crippen LogP contribution in [-0.4, -0.2) is 71.6 Å². The number of para-hydroxylation sites is 2. The number of carbonyl (C=O) groups is 3. The third-order valence-electron chi connectivity index (χ3n) is 8.39. The van der Waals surface area contributed by atoms with Gasteiger partial charge in [0.15, 0.2) is 0 Å². The Morgan fingerprint density at radius 1 is 1.00 bits per heavy atom. The second-order valence-electron chi connectivity index (χ2n) is 12.4. The fourth-order valence-corrected chi connectivity index (χ4v) is 5.60. The summed E-state index contributed by atoms with van der Waals surface area (Å²) in [7, 11) is 1.97. The van der Waals surface area contributed by atoms with E-state index in [-0.39, 0.29) is 36.0 Å². The lowest BCUT2D eigenvalue weighted by Crippen LogP contribution is -2.49. The molecule has 0 saturated carbocycles. The van der Waals surface area contributed by atoms with Crippen molar-refractivity contribution in [2.24, 2.45) is 5.92 Å². The zero-order valence-electron chi connectivity index (χ0n) is 27.7. The summed E-state index contributed by atoms with van der Waals surface area (Å²) in [5, 5.41) is 18.2. The SMILES string of the molecule is C[C@H](CO)N1C[C@H](C)[C@H](CN(C)Cc2ccc(C(=O)Nc3ccccc3N)cc2)Oc2ccc(NC(=O)Nc3ccc(F)cc3)cc2C1=O. The number of nitrogens with one attached hydrogen (secondary N) is 3. The number of hydrogen-bond donors (Lipinski definition) is 5. The number of nitrogens with two attached hydrogens (primary N) is 1. The third kappa shape index (κ3) is 8.92. The number of aliphatic hydroxyl groups excluding tert-OH is 1. The van der Waals surface area contributed by atoms with Crippen LogP contribution in [0.4, 0.5) is 31.9 Å². The first-order valence-corrected chi connectivity index (χ1v) is 16.0. The predicted octanol–water partition coefficient (Wildman–Crippen LogP) is 5.66. The largest absolute Gasteiger partial charge is 0.488 e. The van der Waals surface area contributed by atoms with Crippen molar-refractivity contribution in [3.63, 3.8) is 0 Å². The zero-order chi connectivity index (χ0) is 35.1. The van der Waals surface area contributed by atoms with Crippen molar-refractivity contribution in [1.82, 2.24) is 9.80 Å². The summed E-state index contributed by atoms with van der Waals surface area (Å²) in [4.78, 5) is 43.0. The molecule has 49 heavy (non-hydrogen) atoms. The predicted molar refractivity (Wildman–Crippen MR) is 188 cm³/mol. The number of carbonyl (C=O) groups excluding carboxylic acids is 3. The molecule has 1 heterocycles. The number of rotatable bonds is 10. The second kappa shape index (κ2) is 15.6. The Balaban J connectivity index is 1.28. The molecule has 256 valence electrons. The summed E-state index contributed by atoms with van der Waals surface area (Å²) in [5.41, 5.74) is 9.53. The number of nitrogens with zero attached hydrogens (tertiary/aromatic N) is 2. The Bertz CT molecular complexity index is 1790. The van der Waals surface area contributed by atoms with E-state index in [1.807, 2.05) is 26.1 Å². The lowest BCUT2D eigenvalue weighted by atomic mass is 9.99. The van der Waals surface area contributed by atoms with Crippen molar-refractivity contribution in [3.05, 3.63) is 114 Å². The molecule has 12 heteroatoms. The standard InChI is InChI=1S/C37H41FN6O5/c1-23-19-44(24(2)22-45)36(47)30-18-29(41-37(48)40-28-14-12-27(38)13-15-28)16-17-33(30)49-34(23)21-43(3)20-25-8-10-26(11-9-25)35(46)42-32-7-5-4-6-31(32)39/h4-18,23-24,34,45H,19-22,39H2,1-3H3,(H,42,46)(H2,40,41,48)/t23-,24+,34-/m0/s1. The molecule has 1 aliphatic heterocycles. The molecule has 1 aliphatic rings. The maximum absolute atomic E-state index is 13.8. The van der Waals surface area contributed by atoms with Crippen LogP contribution in [0.25, 0.3) is 0 Å². The van der Waals surface area contributed by atoms with Crippen LogP contribution in [0.5, 0.6) is 5.75 Å². The monoisotopic (exact) mass is 668 g/mol. The molecule has 0 radical (unpaired) electrons. The fraction of sp³-hybridized carbons (Fsp3) is 0.270. The van der Waals surface area contributed by atoms with Crippen molar-refractivity contribution < 1.29 is 28.6 Å². The Hall–Kier alpha value is -5.46. The summed E-state index contributed by atoms with van der Waals surface area (Å²) in [6.07, 6.45) is -0.327. The topological polar surface area (TPSA) is 149 Å². The van der Waals surface area contributed by atoms with Crippen molar-refractivity contribution in [3.8, 4) is 5.75 Å². The number of amides is 4. The maximum Gasteiger partial charge on any atom is 0.323 e. The number of likely N-dealkylation sites (N-methyl/N-ethyl adjacent to an activating group) is 1. The number of hydrogen-bond acceptors (Lipinski definition) is 7. The smallest absolute Gasteiger partial charge is 0.323 e. The van der Waals surface area contributed by atoms with Crippen LogP contribution in [0.3, 0.4) is 0 Å². The van der Waals surface area contributed by atoms with Gasteiger partial charge in [-0.3, -0.25) is 14.5 Å². The summed E-state index contributed by atoms with van der Waals surface area (Å²) in [6, 6.07) is 23.6. The third-order valence-corrected chi connectivity index (χ3v) is 8.39. The molecule has 4 amide bonds. The van der Waals surface area contributed by atoms with Gasteiger partial charge in [0.05, 0.1) is 29.6 Å². The molecule has 5 rings (SSSR count). The van der Waals surface area contributed by atoms with Gasteiger partial charge >= 0.3 is 6.03 Å². The minimum atomic E-state index is -0.561. The van der Waals surface area contributed by atoms with E-state index in [9.17, 15) is 23.9 Å². The summed E-state index contributed by atoms with van der Waals surface area (Å²) >= 11 is 0. The highest BCUT2D eigenvalue weighted by Crippen LogP contribution is 2.31.